The number of carbonyl (C=O) groups is 1. The largest absolute Gasteiger partial charge is 0.368 e. The maximum Gasteiger partial charge on any atom is 0.222 e. The van der Waals surface area contributed by atoms with Crippen LogP contribution in [0.4, 0.5) is 5.82 Å². The third kappa shape index (κ3) is 5.85. The van der Waals surface area contributed by atoms with Gasteiger partial charge in [0.05, 0.1) is 5.69 Å². The summed E-state index contributed by atoms with van der Waals surface area (Å²) in [5, 5.41) is 13.8. The molecular weight excluding hydrogens is 216 g/mol. The van der Waals surface area contributed by atoms with Gasteiger partial charge in [-0.15, -0.1) is 5.10 Å². The van der Waals surface area contributed by atoms with Gasteiger partial charge in [0.2, 0.25) is 5.91 Å². The van der Waals surface area contributed by atoms with Gasteiger partial charge in [-0.1, -0.05) is 0 Å². The third-order valence-electron chi connectivity index (χ3n) is 1.97. The van der Waals surface area contributed by atoms with E-state index in [4.69, 9.17) is 0 Å². The fourth-order valence-corrected chi connectivity index (χ4v) is 1.28. The summed E-state index contributed by atoms with van der Waals surface area (Å²) >= 11 is 0. The van der Waals surface area contributed by atoms with Crippen molar-refractivity contribution in [1.29, 1.82) is 0 Å². The predicted octanol–water partition coefficient (Wildman–Crippen LogP) is 1.50. The van der Waals surface area contributed by atoms with E-state index >= 15 is 0 Å². The van der Waals surface area contributed by atoms with E-state index in [2.05, 4.69) is 20.8 Å². The second-order valence-corrected chi connectivity index (χ2v) is 5.03. The quantitative estimate of drug-likeness (QED) is 0.831. The van der Waals surface area contributed by atoms with Crippen LogP contribution < -0.4 is 10.6 Å². The topological polar surface area (TPSA) is 66.9 Å². The number of aryl methyl sites for hydroxylation is 1. The van der Waals surface area contributed by atoms with Gasteiger partial charge in [0.1, 0.15) is 5.82 Å². The minimum atomic E-state index is -0.180. The summed E-state index contributed by atoms with van der Waals surface area (Å²) in [5.41, 5.74) is 0.696. The van der Waals surface area contributed by atoms with Gasteiger partial charge in [-0.3, -0.25) is 4.79 Å². The molecule has 1 amide bonds. The number of hydrogen-bond acceptors (Lipinski definition) is 4. The Morgan fingerprint density at radius 3 is 2.53 bits per heavy atom. The van der Waals surface area contributed by atoms with Crippen molar-refractivity contribution < 1.29 is 4.79 Å². The zero-order valence-corrected chi connectivity index (χ0v) is 10.9. The van der Waals surface area contributed by atoms with Gasteiger partial charge < -0.3 is 10.6 Å². The molecular formula is C12H20N4O. The molecule has 0 radical (unpaired) electrons. The Morgan fingerprint density at radius 2 is 2.00 bits per heavy atom. The highest BCUT2D eigenvalue weighted by Gasteiger charge is 2.12. The van der Waals surface area contributed by atoms with Crippen LogP contribution in [0.15, 0.2) is 12.1 Å². The van der Waals surface area contributed by atoms with E-state index < -0.39 is 0 Å². The molecule has 0 bridgehead atoms. The first kappa shape index (κ1) is 13.4. The molecule has 2 N–H and O–H groups in total. The van der Waals surface area contributed by atoms with Gasteiger partial charge in [-0.25, -0.2) is 0 Å². The first-order valence-corrected chi connectivity index (χ1v) is 5.72. The second kappa shape index (κ2) is 5.61. The summed E-state index contributed by atoms with van der Waals surface area (Å²) in [5.74, 6) is 0.726. The molecule has 0 aliphatic heterocycles. The highest BCUT2D eigenvalue weighted by molar-refractivity contribution is 5.77. The Hall–Kier alpha value is -1.65. The van der Waals surface area contributed by atoms with Crippen molar-refractivity contribution in [3.63, 3.8) is 0 Å². The normalized spacial score (nSPS) is 11.1. The lowest BCUT2D eigenvalue weighted by atomic mass is 10.1. The summed E-state index contributed by atoms with van der Waals surface area (Å²) in [4.78, 5) is 11.5. The Kier molecular flexibility index (Phi) is 4.43. The van der Waals surface area contributed by atoms with Crippen LogP contribution in [0.3, 0.4) is 0 Å². The first-order chi connectivity index (χ1) is 7.87. The molecule has 0 saturated heterocycles. The van der Waals surface area contributed by atoms with Crippen molar-refractivity contribution >= 4 is 11.7 Å². The molecule has 0 fully saturated rings. The van der Waals surface area contributed by atoms with Crippen LogP contribution in [0.5, 0.6) is 0 Å². The monoisotopic (exact) mass is 236 g/mol. The molecule has 0 saturated carbocycles. The van der Waals surface area contributed by atoms with Crippen molar-refractivity contribution in [2.75, 3.05) is 11.9 Å². The summed E-state index contributed by atoms with van der Waals surface area (Å²) in [7, 11) is 0. The Balaban J connectivity index is 2.28. The minimum absolute atomic E-state index is 0.0325. The number of nitrogens with one attached hydrogen (secondary N) is 2. The lowest BCUT2D eigenvalue weighted by Crippen LogP contribution is -2.41. The number of rotatable bonds is 4. The van der Waals surface area contributed by atoms with Crippen LogP contribution in [0.1, 0.15) is 32.9 Å². The van der Waals surface area contributed by atoms with Crippen LogP contribution in [-0.2, 0) is 4.79 Å². The summed E-state index contributed by atoms with van der Waals surface area (Å²) in [6.07, 6.45) is 0.423. The Morgan fingerprint density at radius 1 is 1.29 bits per heavy atom. The van der Waals surface area contributed by atoms with E-state index in [1.165, 1.54) is 0 Å². The van der Waals surface area contributed by atoms with E-state index in [9.17, 15) is 4.79 Å². The predicted molar refractivity (Wildman–Crippen MR) is 67.8 cm³/mol. The Bertz CT molecular complexity index is 367. The van der Waals surface area contributed by atoms with Crippen LogP contribution in [0.2, 0.25) is 0 Å². The van der Waals surface area contributed by atoms with Gasteiger partial charge in [0.25, 0.3) is 0 Å². The minimum Gasteiger partial charge on any atom is -0.368 e. The zero-order valence-electron chi connectivity index (χ0n) is 10.9. The molecule has 1 heterocycles. The van der Waals surface area contributed by atoms with Crippen LogP contribution >= 0.6 is 0 Å². The van der Waals surface area contributed by atoms with Gasteiger partial charge in [0, 0.05) is 18.5 Å². The molecule has 0 atom stereocenters. The molecule has 94 valence electrons. The van der Waals surface area contributed by atoms with E-state index in [1.54, 1.807) is 0 Å². The molecule has 0 unspecified atom stereocenters. The van der Waals surface area contributed by atoms with Gasteiger partial charge in [-0.2, -0.15) is 5.10 Å². The molecule has 0 spiro atoms. The van der Waals surface area contributed by atoms with Crippen LogP contribution in [-0.4, -0.2) is 28.2 Å². The average molecular weight is 236 g/mol. The zero-order chi connectivity index (χ0) is 12.9. The Labute approximate surface area is 102 Å². The number of nitrogens with zero attached hydrogens (tertiary/aromatic N) is 2. The van der Waals surface area contributed by atoms with Gasteiger partial charge in [-0.05, 0) is 39.8 Å². The molecule has 17 heavy (non-hydrogen) atoms. The molecule has 5 nitrogen and oxygen atoms in total. The van der Waals surface area contributed by atoms with Gasteiger partial charge in [0.15, 0.2) is 0 Å². The van der Waals surface area contributed by atoms with Crippen molar-refractivity contribution in [3.05, 3.63) is 17.8 Å². The molecule has 1 aromatic rings. The number of hydrogen-bond donors (Lipinski definition) is 2. The maximum atomic E-state index is 11.5. The first-order valence-electron chi connectivity index (χ1n) is 5.72. The van der Waals surface area contributed by atoms with E-state index in [0.29, 0.717) is 18.8 Å². The van der Waals surface area contributed by atoms with Crippen molar-refractivity contribution in [3.8, 4) is 0 Å². The molecule has 0 aliphatic carbocycles. The fourth-order valence-electron chi connectivity index (χ4n) is 1.28. The second-order valence-electron chi connectivity index (χ2n) is 5.03. The van der Waals surface area contributed by atoms with E-state index in [-0.39, 0.29) is 11.4 Å². The SMILES string of the molecule is Cc1ccc(NCCC(=O)NC(C)(C)C)nn1. The average Bonchev–Trinajstić information content (AvgIpc) is 2.18. The van der Waals surface area contributed by atoms with Crippen molar-refractivity contribution in [1.82, 2.24) is 15.5 Å². The highest BCUT2D eigenvalue weighted by atomic mass is 16.1. The fraction of sp³-hybridized carbons (Fsp3) is 0.583. The van der Waals surface area contributed by atoms with Crippen LogP contribution in [0.25, 0.3) is 0 Å². The summed E-state index contributed by atoms with van der Waals surface area (Å²) < 4.78 is 0. The number of amides is 1. The summed E-state index contributed by atoms with van der Waals surface area (Å²) in [6.45, 7) is 8.32. The number of carbonyl (C=O) groups excluding carboxylic acids is 1. The van der Waals surface area contributed by atoms with Crippen LogP contribution in [0, 0.1) is 6.92 Å². The molecule has 1 aromatic heterocycles. The molecule has 1 rings (SSSR count). The lowest BCUT2D eigenvalue weighted by Gasteiger charge is -2.20. The standard InChI is InChI=1S/C12H20N4O/c1-9-5-6-10(16-15-9)13-8-7-11(17)14-12(2,3)4/h5-6H,7-8H2,1-4H3,(H,13,16)(H,14,17). The van der Waals surface area contributed by atoms with E-state index in [0.717, 1.165) is 5.69 Å². The number of aromatic nitrogens is 2. The highest BCUT2D eigenvalue weighted by Crippen LogP contribution is 2.02. The van der Waals surface area contributed by atoms with Gasteiger partial charge >= 0.3 is 0 Å². The van der Waals surface area contributed by atoms with E-state index in [1.807, 2.05) is 39.8 Å². The van der Waals surface area contributed by atoms with Crippen molar-refractivity contribution in [2.24, 2.45) is 0 Å². The third-order valence-corrected chi connectivity index (χ3v) is 1.97. The smallest absolute Gasteiger partial charge is 0.222 e. The maximum absolute atomic E-state index is 11.5. The molecule has 0 aromatic carbocycles. The lowest BCUT2D eigenvalue weighted by molar-refractivity contribution is -0.122. The number of anilines is 1. The molecule has 0 aliphatic rings. The van der Waals surface area contributed by atoms with Crippen molar-refractivity contribution in [2.45, 2.75) is 39.7 Å². The molecule has 5 heteroatoms. The summed E-state index contributed by atoms with van der Waals surface area (Å²) in [6, 6.07) is 3.73.